The number of esters is 2. The van der Waals surface area contributed by atoms with E-state index in [0.29, 0.717) is 68.3 Å². The van der Waals surface area contributed by atoms with Gasteiger partial charge in [-0.15, -0.1) is 0 Å². The number of unbranched alkanes of at least 4 members (excludes halogenated alkanes) is 8. The van der Waals surface area contributed by atoms with Gasteiger partial charge in [-0.2, -0.15) is 0 Å². The summed E-state index contributed by atoms with van der Waals surface area (Å²) in [7, 11) is 2.66. The topological polar surface area (TPSA) is 483 Å². The van der Waals surface area contributed by atoms with Gasteiger partial charge in [-0.1, -0.05) is 108 Å². The second-order valence-corrected chi connectivity index (χ2v) is 36.1. The quantitative estimate of drug-likeness (QED) is 0.00778. The number of aliphatic hydroxyl groups is 4. The maximum Gasteiger partial charge on any atom is 0.389 e. The Hall–Kier alpha value is -8.60. The maximum atomic E-state index is 14.9. The molecule has 0 spiro atoms. The molecule has 0 bridgehead atoms. The van der Waals surface area contributed by atoms with Crippen LogP contribution in [0.1, 0.15) is 143 Å². The third-order valence-electron chi connectivity index (χ3n) is 19.8. The summed E-state index contributed by atoms with van der Waals surface area (Å²) in [5, 5.41) is 42.8. The first-order chi connectivity index (χ1) is 56.0. The van der Waals surface area contributed by atoms with Crippen molar-refractivity contribution < 1.29 is 95.1 Å². The number of carbonyl (C=O) groups is 2. The van der Waals surface area contributed by atoms with Crippen LogP contribution < -0.4 is 43.4 Å². The van der Waals surface area contributed by atoms with E-state index < -0.39 is 141 Å². The monoisotopic (exact) mass is 1700 g/mol. The third kappa shape index (κ3) is 22.5. The van der Waals surface area contributed by atoms with Gasteiger partial charge in [-0.3, -0.25) is 60.7 Å². The lowest BCUT2D eigenvalue weighted by Crippen LogP contribution is -2.39. The van der Waals surface area contributed by atoms with Crippen LogP contribution in [0.2, 0.25) is 0 Å². The van der Waals surface area contributed by atoms with Gasteiger partial charge in [-0.05, 0) is 95.8 Å². The Labute approximate surface area is 679 Å². The molecular weight excluding hydrogens is 1600 g/mol. The summed E-state index contributed by atoms with van der Waals surface area (Å²) < 4.78 is 106. The number of nitrogens with one attached hydrogen (secondary N) is 2. The molecule has 10 N–H and O–H groups in total. The Morgan fingerprint density at radius 2 is 1.04 bits per heavy atom. The van der Waals surface area contributed by atoms with Crippen LogP contribution in [-0.2, 0) is 71.9 Å². The van der Waals surface area contributed by atoms with Gasteiger partial charge < -0.3 is 69.8 Å². The number of hydrogen-bond acceptors (Lipinski definition) is 32. The summed E-state index contributed by atoms with van der Waals surface area (Å²) >= 11 is 1.63. The number of benzene rings is 3. The molecule has 4 unspecified atom stereocenters. The van der Waals surface area contributed by atoms with Crippen LogP contribution in [0.4, 0.5) is 11.4 Å². The third-order valence-corrected chi connectivity index (χ3v) is 27.2. The van der Waals surface area contributed by atoms with Crippen LogP contribution in [0.15, 0.2) is 154 Å². The van der Waals surface area contributed by atoms with Gasteiger partial charge in [0.25, 0.3) is 11.1 Å². The van der Waals surface area contributed by atoms with E-state index in [9.17, 15) is 58.3 Å². The molecule has 9 aromatic rings. The van der Waals surface area contributed by atoms with Gasteiger partial charge in [0.2, 0.25) is 0 Å². The number of H-pyrrole nitrogens is 2. The molecule has 16 atom stereocenters. The van der Waals surface area contributed by atoms with Gasteiger partial charge in [0, 0.05) is 81.9 Å². The van der Waals surface area contributed by atoms with E-state index in [1.165, 1.54) is 77.6 Å². The Morgan fingerprint density at radius 3 is 1.51 bits per heavy atom. The van der Waals surface area contributed by atoms with Crippen LogP contribution in [-0.4, -0.2) is 182 Å². The zero-order valence-corrected chi connectivity index (χ0v) is 67.3. The van der Waals surface area contributed by atoms with Crippen molar-refractivity contribution in [2.45, 2.75) is 196 Å². The van der Waals surface area contributed by atoms with E-state index in [1.807, 2.05) is 19.1 Å². The van der Waals surface area contributed by atoms with Gasteiger partial charge in [0.05, 0.1) is 68.2 Å². The summed E-state index contributed by atoms with van der Waals surface area (Å²) in [6.45, 7) is -6.44. The standard InChI is InChI=1S/C40H55N6O12PS.C36H39N6O12PS.CH4/c1-3-4-5-6-7-8-9-10-11-15-34(50)55-27-14-12-13-26(20-27)24-60-59(52,58-36-30(22-47)57-39(37(36)53-2)45-19-17-32(49)44-40(45)51)54-23-31-29(48)21-33(56-31)46-25-43-35-28(41)16-18-42-38(35)46;1-20-3-7-22(8-4-20)35(46)51-23-9-5-21(6-10-23)18-56-55(48,54-31-26(16-43)53-34(32(31)49-2)41-14-12-28(45)40-36(41)47)50-17-27-25(44)15-29(52-27)42-19-39-30-24(37)11-13-38-33(30)42;/h12-14,16-20,25,29-31,33,36-37,39,47-48H,3-11,15,21-24H2,1-2H3,(H2,41,42)(H,44,49,51);3-14,19,25-27,29,31-32,34,43-44H,15-18H2,1-2H3,(H2,37,38)(H,40,45,47);1H4/t29-,30-,31-,33-,36+,37?,39-,59?;25-,26-,27-,29-,31+,32?,34-,55?;/m11./s1. The summed E-state index contributed by atoms with van der Waals surface area (Å²) in [5.74, 6) is -0.0951. The molecule has 0 aliphatic carbocycles. The average Bonchev–Trinajstić information content (AvgIpc) is 1.65. The highest BCUT2D eigenvalue weighted by atomic mass is 32.7. The first kappa shape index (κ1) is 89.2. The Kier molecular flexibility index (Phi) is 31.6. The van der Waals surface area contributed by atoms with Crippen molar-refractivity contribution in [3.63, 3.8) is 0 Å². The molecule has 4 aliphatic rings. The number of fused-ring (bicyclic) bond motifs is 2. The van der Waals surface area contributed by atoms with Crippen molar-refractivity contribution in [3.8, 4) is 11.5 Å². The molecular formula is C77H98N12O24P2S2. The van der Waals surface area contributed by atoms with Gasteiger partial charge in [-0.25, -0.2) is 43.4 Å². The van der Waals surface area contributed by atoms with E-state index in [0.717, 1.165) is 75.3 Å². The molecule has 6 aromatic heterocycles. The average molecular weight is 1700 g/mol. The number of nitrogens with zero attached hydrogens (tertiary/aromatic N) is 8. The number of hydrogen-bond donors (Lipinski definition) is 8. The molecule has 13 rings (SSSR count). The fourth-order valence-electron chi connectivity index (χ4n) is 13.7. The lowest BCUT2D eigenvalue weighted by atomic mass is 10.1. The lowest BCUT2D eigenvalue weighted by molar-refractivity contribution is -0.134. The van der Waals surface area contributed by atoms with E-state index in [4.69, 9.17) is 67.5 Å². The van der Waals surface area contributed by atoms with Gasteiger partial charge in [0.15, 0.2) is 23.8 Å². The molecule has 10 heterocycles. The van der Waals surface area contributed by atoms with Crippen LogP contribution >= 0.6 is 36.4 Å². The largest absolute Gasteiger partial charge is 0.427 e. The van der Waals surface area contributed by atoms with Crippen molar-refractivity contribution in [2.24, 2.45) is 0 Å². The SMILES string of the molecule is C.CCCCCCCCCCCC(=O)Oc1cccc(CSP(=O)(OC[C@H]2O[C@@H](n3cnc4c(N)ccnc43)C[C@H]2O)O[C@@H]2C(OC)[C@H](n3ccc(=O)[nH]c3=O)O[C@@H]2CO)c1.COC1[C@@H](OP(=O)(OC[C@H]2O[C@@H](n3cnc4c(N)ccnc43)C[C@H]2O)SCc2ccc(OC(=O)c3ccc(C)cc3)cc2)[C@@H](CO)O[C@H]1n1ccc(=O)[nH]c1=O. The first-order valence-electron chi connectivity index (χ1n) is 37.8. The van der Waals surface area contributed by atoms with Crippen molar-refractivity contribution in [1.29, 1.82) is 0 Å². The number of aromatic nitrogens is 10. The predicted octanol–water partition coefficient (Wildman–Crippen LogP) is 9.11. The molecule has 4 aliphatic heterocycles. The van der Waals surface area contributed by atoms with Crippen LogP contribution in [0.3, 0.4) is 0 Å². The second-order valence-electron chi connectivity index (χ2n) is 28.0. The lowest BCUT2D eigenvalue weighted by Gasteiger charge is -2.28. The summed E-state index contributed by atoms with van der Waals surface area (Å²) in [6.07, 6.45) is 4.56. The molecule has 0 saturated carbocycles. The zero-order chi connectivity index (χ0) is 82.2. The van der Waals surface area contributed by atoms with E-state index in [1.54, 1.807) is 88.1 Å². The van der Waals surface area contributed by atoms with Gasteiger partial charge in [0.1, 0.15) is 83.8 Å². The number of aromatic amines is 2. The number of ether oxygens (including phenoxy) is 8. The molecule has 0 amide bonds. The molecule has 4 saturated heterocycles. The number of methoxy groups -OCH3 is 2. The van der Waals surface area contributed by atoms with Gasteiger partial charge >= 0.3 is 36.9 Å². The zero-order valence-electron chi connectivity index (χ0n) is 63.9. The molecule has 117 heavy (non-hydrogen) atoms. The minimum atomic E-state index is -4.30. The van der Waals surface area contributed by atoms with Crippen molar-refractivity contribution >= 4 is 82.0 Å². The number of aryl methyl sites for hydroxylation is 1. The molecule has 0 radical (unpaired) electrons. The number of nitrogen functional groups attached to an aromatic ring is 2. The number of rotatable bonds is 37. The Morgan fingerprint density at radius 1 is 0.564 bits per heavy atom. The van der Waals surface area contributed by atoms with Crippen LogP contribution in [0.25, 0.3) is 22.3 Å². The van der Waals surface area contributed by atoms with E-state index in [-0.39, 0.29) is 51.0 Å². The maximum absolute atomic E-state index is 14.9. The van der Waals surface area contributed by atoms with E-state index in [2.05, 4.69) is 36.8 Å². The number of pyridine rings is 2. The number of aliphatic hydroxyl groups excluding tert-OH is 4. The Bertz CT molecular complexity index is 5150. The van der Waals surface area contributed by atoms with Crippen molar-refractivity contribution in [3.05, 3.63) is 198 Å². The first-order valence-corrected chi connectivity index (χ1v) is 44.1. The van der Waals surface area contributed by atoms with Crippen LogP contribution in [0.5, 0.6) is 11.5 Å². The summed E-state index contributed by atoms with van der Waals surface area (Å²) in [5.41, 5.74) is 14.7. The predicted molar refractivity (Wildman–Crippen MR) is 432 cm³/mol. The second kappa shape index (κ2) is 41.4. The minimum absolute atomic E-state index is 0. The molecule has 36 nitrogen and oxygen atoms in total. The van der Waals surface area contributed by atoms with Crippen molar-refractivity contribution in [1.82, 2.24) is 48.2 Å². The van der Waals surface area contributed by atoms with Crippen molar-refractivity contribution in [2.75, 3.05) is 52.1 Å². The molecule has 4 fully saturated rings. The summed E-state index contributed by atoms with van der Waals surface area (Å²) in [6, 6.07) is 25.9. The van der Waals surface area contributed by atoms with E-state index >= 15 is 0 Å². The number of nitrogens with two attached hydrogens (primary N) is 2. The molecule has 3 aromatic carbocycles. The smallest absolute Gasteiger partial charge is 0.389 e. The molecule has 632 valence electrons. The summed E-state index contributed by atoms with van der Waals surface area (Å²) in [4.78, 5) is 96.0. The number of carbonyl (C=O) groups excluding carboxylic acids is 2. The Balaban J connectivity index is 0.000000228. The highest BCUT2D eigenvalue weighted by molar-refractivity contribution is 8.55. The molecule has 40 heteroatoms. The van der Waals surface area contributed by atoms with Crippen LogP contribution in [0, 0.1) is 6.92 Å². The fraction of sp³-hybridized carbons (Fsp3) is 0.481. The normalized spacial score (nSPS) is 24.1. The fourth-order valence-corrected chi connectivity index (χ4v) is 20.4. The number of imidazole rings is 2. The minimum Gasteiger partial charge on any atom is -0.427 e. The highest BCUT2D eigenvalue weighted by Crippen LogP contribution is 2.65. The number of anilines is 2. The highest BCUT2D eigenvalue weighted by Gasteiger charge is 2.53.